The van der Waals surface area contributed by atoms with E-state index in [1.807, 2.05) is 0 Å². The van der Waals surface area contributed by atoms with Crippen molar-refractivity contribution in [2.45, 2.75) is 25.6 Å². The maximum absolute atomic E-state index is 12.3. The van der Waals surface area contributed by atoms with Crippen molar-refractivity contribution in [1.82, 2.24) is 0 Å². The lowest BCUT2D eigenvalue weighted by Crippen LogP contribution is -2.44. The molecule has 2 heterocycles. The van der Waals surface area contributed by atoms with Crippen LogP contribution >= 0.6 is 0 Å². The van der Waals surface area contributed by atoms with Crippen molar-refractivity contribution in [2.75, 3.05) is 0 Å². The molecule has 0 radical (unpaired) electrons. The Morgan fingerprint density at radius 1 is 1.13 bits per heavy atom. The molecule has 0 bridgehead atoms. The molecule has 0 aliphatic carbocycles. The highest BCUT2D eigenvalue weighted by molar-refractivity contribution is 6.01. The van der Waals surface area contributed by atoms with E-state index in [1.165, 1.54) is 12.1 Å². The van der Waals surface area contributed by atoms with Gasteiger partial charge in [0, 0.05) is 12.1 Å². The molecule has 0 fully saturated rings. The second-order valence-corrected chi connectivity index (χ2v) is 5.56. The van der Waals surface area contributed by atoms with Crippen LogP contribution in [0.4, 0.5) is 0 Å². The Morgan fingerprint density at radius 2 is 1.83 bits per heavy atom. The van der Waals surface area contributed by atoms with Crippen LogP contribution in [0.25, 0.3) is 0 Å². The molecule has 2 aromatic rings. The molecule has 1 aromatic carbocycles. The summed E-state index contributed by atoms with van der Waals surface area (Å²) in [5, 5.41) is 29.6. The number of carbonyl (C=O) groups excluding carboxylic acids is 1. The van der Waals surface area contributed by atoms with Crippen LogP contribution in [0.1, 0.15) is 28.1 Å². The molecule has 120 valence electrons. The number of carbonyl (C=O) groups is 1. The normalized spacial score (nSPS) is 20.0. The highest BCUT2D eigenvalue weighted by Crippen LogP contribution is 2.38. The molecule has 7 nitrogen and oxygen atoms in total. The lowest BCUT2D eigenvalue weighted by atomic mass is 9.92. The van der Waals surface area contributed by atoms with Crippen LogP contribution in [-0.4, -0.2) is 26.9 Å². The highest BCUT2D eigenvalue weighted by Gasteiger charge is 2.40. The van der Waals surface area contributed by atoms with Gasteiger partial charge in [0.05, 0.1) is 24.5 Å². The Balaban J connectivity index is 1.97. The van der Waals surface area contributed by atoms with E-state index in [9.17, 15) is 24.9 Å². The van der Waals surface area contributed by atoms with Gasteiger partial charge in [-0.1, -0.05) is 0 Å². The van der Waals surface area contributed by atoms with E-state index >= 15 is 0 Å². The number of aryl methyl sites for hydroxylation is 1. The van der Waals surface area contributed by atoms with Crippen molar-refractivity contribution in [3.63, 3.8) is 0 Å². The summed E-state index contributed by atoms with van der Waals surface area (Å²) in [6.07, 6.45) is -0.651. The highest BCUT2D eigenvalue weighted by atomic mass is 16.6. The number of fused-ring (bicyclic) bond motifs is 1. The van der Waals surface area contributed by atoms with Gasteiger partial charge in [0.2, 0.25) is 5.79 Å². The topological polar surface area (TPSA) is 117 Å². The molecule has 3 N–H and O–H groups in total. The zero-order valence-corrected chi connectivity index (χ0v) is 12.2. The number of ketones is 1. The van der Waals surface area contributed by atoms with E-state index in [-0.39, 0.29) is 41.6 Å². The first-order chi connectivity index (χ1) is 10.8. The predicted octanol–water partition coefficient (Wildman–Crippen LogP) is 1.26. The van der Waals surface area contributed by atoms with Gasteiger partial charge in [0.15, 0.2) is 5.78 Å². The van der Waals surface area contributed by atoms with Crippen LogP contribution < -0.4 is 10.4 Å². The molecule has 0 spiro atoms. The zero-order valence-electron chi connectivity index (χ0n) is 12.2. The fourth-order valence-electron chi connectivity index (χ4n) is 2.73. The van der Waals surface area contributed by atoms with Crippen LogP contribution in [-0.2, 0) is 6.42 Å². The van der Waals surface area contributed by atoms with E-state index in [0.717, 1.165) is 12.1 Å². The summed E-state index contributed by atoms with van der Waals surface area (Å²) in [5.41, 5.74) is 0.0559. The number of rotatable bonds is 2. The van der Waals surface area contributed by atoms with Crippen molar-refractivity contribution in [1.29, 1.82) is 0 Å². The molecule has 1 aliphatic heterocycles. The smallest absolute Gasteiger partial charge is 0.339 e. The monoisotopic (exact) mass is 318 g/mol. The molecular weight excluding hydrogens is 304 g/mol. The molecule has 1 atom stereocenters. The van der Waals surface area contributed by atoms with Gasteiger partial charge in [0.1, 0.15) is 23.0 Å². The quantitative estimate of drug-likeness (QED) is 0.763. The second-order valence-electron chi connectivity index (χ2n) is 5.56. The molecule has 3 rings (SSSR count). The molecule has 7 heteroatoms. The molecule has 23 heavy (non-hydrogen) atoms. The van der Waals surface area contributed by atoms with Gasteiger partial charge in [-0.2, -0.15) is 0 Å². The molecule has 0 saturated heterocycles. The van der Waals surface area contributed by atoms with E-state index in [4.69, 9.17) is 9.15 Å². The third kappa shape index (κ3) is 2.91. The minimum Gasteiger partial charge on any atom is -0.508 e. The van der Waals surface area contributed by atoms with Gasteiger partial charge < -0.3 is 24.5 Å². The van der Waals surface area contributed by atoms with E-state index in [0.29, 0.717) is 11.1 Å². The summed E-state index contributed by atoms with van der Waals surface area (Å²) >= 11 is 0. The summed E-state index contributed by atoms with van der Waals surface area (Å²) in [6.45, 7) is 1.65. The zero-order chi connectivity index (χ0) is 16.8. The van der Waals surface area contributed by atoms with Crippen molar-refractivity contribution >= 4 is 5.78 Å². The van der Waals surface area contributed by atoms with E-state index in [1.54, 1.807) is 6.92 Å². The third-order valence-corrected chi connectivity index (χ3v) is 3.56. The van der Waals surface area contributed by atoms with Gasteiger partial charge in [-0.05, 0) is 18.6 Å². The molecular formula is C16H14O7. The number of phenols is 1. The average molecular weight is 318 g/mol. The van der Waals surface area contributed by atoms with Crippen molar-refractivity contribution < 1.29 is 29.3 Å². The van der Waals surface area contributed by atoms with Crippen LogP contribution in [0.2, 0.25) is 0 Å². The Labute approximate surface area is 130 Å². The maximum Gasteiger partial charge on any atom is 0.339 e. The Bertz CT molecular complexity index is 852. The minimum absolute atomic E-state index is 0.0226. The fraction of sp³-hybridized carbons (Fsp3) is 0.250. The Morgan fingerprint density at radius 3 is 2.52 bits per heavy atom. The lowest BCUT2D eigenvalue weighted by molar-refractivity contribution is -0.140. The third-order valence-electron chi connectivity index (χ3n) is 3.56. The minimum atomic E-state index is -1.94. The van der Waals surface area contributed by atoms with Gasteiger partial charge in [-0.25, -0.2) is 4.79 Å². The van der Waals surface area contributed by atoms with Crippen LogP contribution in [0.3, 0.4) is 0 Å². The number of ether oxygens (including phenoxy) is 1. The Kier molecular flexibility index (Phi) is 3.37. The Hall–Kier alpha value is -2.80. The molecule has 0 saturated carbocycles. The molecule has 1 aliphatic rings. The summed E-state index contributed by atoms with van der Waals surface area (Å²) in [6, 6.07) is 4.72. The summed E-state index contributed by atoms with van der Waals surface area (Å²) < 4.78 is 10.3. The van der Waals surface area contributed by atoms with Crippen molar-refractivity contribution in [3.8, 4) is 17.2 Å². The van der Waals surface area contributed by atoms with E-state index in [2.05, 4.69) is 0 Å². The first-order valence-corrected chi connectivity index (χ1v) is 6.87. The number of phenolic OH excluding ortho intramolecular Hbond substituents is 1. The standard InChI is InChI=1S/C16H14O7/c1-8-2-9(17)4-13-15(8)12(19)7-16(21,23-13)6-11-3-10(18)5-14(20)22-11/h2-5,17-18,21H,6-7H2,1H3/t16-/m1/s1. The van der Waals surface area contributed by atoms with E-state index < -0.39 is 11.4 Å². The molecule has 1 aromatic heterocycles. The van der Waals surface area contributed by atoms with Crippen LogP contribution in [0.15, 0.2) is 33.5 Å². The first-order valence-electron chi connectivity index (χ1n) is 6.87. The number of hydrogen-bond donors (Lipinski definition) is 3. The van der Waals surface area contributed by atoms with Gasteiger partial charge in [-0.15, -0.1) is 0 Å². The summed E-state index contributed by atoms with van der Waals surface area (Å²) in [7, 11) is 0. The SMILES string of the molecule is Cc1cc(O)cc2c1C(=O)C[C@@](O)(Cc1cc(O)cc(=O)o1)O2. The molecule has 0 amide bonds. The number of aliphatic hydroxyl groups is 1. The lowest BCUT2D eigenvalue weighted by Gasteiger charge is -2.33. The number of aromatic hydroxyl groups is 2. The van der Waals surface area contributed by atoms with Crippen LogP contribution in [0.5, 0.6) is 17.2 Å². The summed E-state index contributed by atoms with van der Waals surface area (Å²) in [4.78, 5) is 23.6. The fourth-order valence-corrected chi connectivity index (χ4v) is 2.73. The van der Waals surface area contributed by atoms with Crippen LogP contribution in [0, 0.1) is 6.92 Å². The predicted molar refractivity (Wildman–Crippen MR) is 77.7 cm³/mol. The largest absolute Gasteiger partial charge is 0.508 e. The average Bonchev–Trinajstić information content (AvgIpc) is 2.34. The van der Waals surface area contributed by atoms with Gasteiger partial charge in [-0.3, -0.25) is 4.79 Å². The maximum atomic E-state index is 12.3. The number of Topliss-reactive ketones (excluding diaryl/α,β-unsaturated/α-hetero) is 1. The molecule has 0 unspecified atom stereocenters. The van der Waals surface area contributed by atoms with Gasteiger partial charge in [0.25, 0.3) is 0 Å². The van der Waals surface area contributed by atoms with Crippen molar-refractivity contribution in [3.05, 3.63) is 51.6 Å². The second kappa shape index (κ2) is 5.13. The summed E-state index contributed by atoms with van der Waals surface area (Å²) in [5.74, 6) is -2.66. The first kappa shape index (κ1) is 15.1. The van der Waals surface area contributed by atoms with Gasteiger partial charge >= 0.3 is 5.63 Å². The number of hydrogen-bond acceptors (Lipinski definition) is 7. The number of benzene rings is 1. The van der Waals surface area contributed by atoms with Crippen molar-refractivity contribution in [2.24, 2.45) is 0 Å².